The van der Waals surface area contributed by atoms with E-state index in [0.29, 0.717) is 25.2 Å². The van der Waals surface area contributed by atoms with Gasteiger partial charge in [-0.05, 0) is 26.7 Å². The Balaban J connectivity index is 2.26. The summed E-state index contributed by atoms with van der Waals surface area (Å²) < 4.78 is 4.90. The fraction of sp³-hybridized carbons (Fsp3) is 0.909. The zero-order chi connectivity index (χ0) is 11.3. The van der Waals surface area contributed by atoms with Gasteiger partial charge in [0.2, 0.25) is 5.91 Å². The largest absolute Gasteiger partial charge is 0.383 e. The number of nitrogens with zero attached hydrogens (tertiary/aromatic N) is 1. The zero-order valence-corrected chi connectivity index (χ0v) is 9.95. The van der Waals surface area contributed by atoms with Crippen molar-refractivity contribution in [3.8, 4) is 0 Å². The summed E-state index contributed by atoms with van der Waals surface area (Å²) in [5.74, 6) is 0.212. The molecule has 1 fully saturated rings. The molecule has 0 aromatic heterocycles. The Bertz CT molecular complexity index is 199. The second kappa shape index (κ2) is 6.08. The predicted molar refractivity (Wildman–Crippen MR) is 59.7 cm³/mol. The molecule has 0 aliphatic carbocycles. The van der Waals surface area contributed by atoms with E-state index >= 15 is 0 Å². The summed E-state index contributed by atoms with van der Waals surface area (Å²) in [6, 6.07) is 0.799. The lowest BCUT2D eigenvalue weighted by Crippen LogP contribution is -2.43. The molecule has 1 aliphatic heterocycles. The molecule has 0 spiro atoms. The number of nitrogens with one attached hydrogen (secondary N) is 1. The number of methoxy groups -OCH3 is 1. The predicted octanol–water partition coefficient (Wildman–Crippen LogP) is 0.622. The molecule has 0 aromatic rings. The number of ether oxygens (including phenoxy) is 1. The molecule has 15 heavy (non-hydrogen) atoms. The van der Waals surface area contributed by atoms with Crippen molar-refractivity contribution < 1.29 is 9.53 Å². The number of carbonyl (C=O) groups excluding carboxylic acids is 1. The average Bonchev–Trinajstić information content (AvgIpc) is 2.53. The molecular weight excluding hydrogens is 192 g/mol. The molecule has 0 saturated carbocycles. The average molecular weight is 214 g/mol. The minimum absolute atomic E-state index is 0.212. The molecule has 1 heterocycles. The molecule has 2 atom stereocenters. The van der Waals surface area contributed by atoms with Crippen LogP contribution in [0.4, 0.5) is 0 Å². The van der Waals surface area contributed by atoms with Crippen LogP contribution in [-0.4, -0.2) is 49.7 Å². The Labute approximate surface area is 92.0 Å². The molecule has 88 valence electrons. The van der Waals surface area contributed by atoms with E-state index in [-0.39, 0.29) is 5.91 Å². The Morgan fingerprint density at radius 2 is 2.00 bits per heavy atom. The number of likely N-dealkylation sites (tertiary alicyclic amines) is 1. The molecule has 0 bridgehead atoms. The lowest BCUT2D eigenvalue weighted by atomic mass is 10.2. The molecular formula is C11H22N2O2. The number of hydrogen-bond acceptors (Lipinski definition) is 3. The molecule has 1 amide bonds. The Hall–Kier alpha value is -0.610. The van der Waals surface area contributed by atoms with Crippen molar-refractivity contribution in [2.45, 2.75) is 38.8 Å². The second-order valence-electron chi connectivity index (χ2n) is 4.25. The molecule has 1 rings (SSSR count). The van der Waals surface area contributed by atoms with Gasteiger partial charge in [0.15, 0.2) is 0 Å². The van der Waals surface area contributed by atoms with Gasteiger partial charge in [-0.15, -0.1) is 0 Å². The lowest BCUT2D eigenvalue weighted by molar-refractivity contribution is -0.132. The first-order chi connectivity index (χ1) is 7.16. The van der Waals surface area contributed by atoms with Crippen LogP contribution in [0, 0.1) is 0 Å². The third kappa shape index (κ3) is 3.47. The van der Waals surface area contributed by atoms with Gasteiger partial charge in [-0.1, -0.05) is 0 Å². The van der Waals surface area contributed by atoms with Crippen molar-refractivity contribution in [2.24, 2.45) is 0 Å². The van der Waals surface area contributed by atoms with Crippen molar-refractivity contribution in [3.05, 3.63) is 0 Å². The fourth-order valence-corrected chi connectivity index (χ4v) is 2.15. The highest BCUT2D eigenvalue weighted by Crippen LogP contribution is 2.22. The van der Waals surface area contributed by atoms with Gasteiger partial charge in [0, 0.05) is 25.7 Å². The van der Waals surface area contributed by atoms with Crippen molar-refractivity contribution in [3.63, 3.8) is 0 Å². The first-order valence-corrected chi connectivity index (χ1v) is 5.67. The molecule has 0 aromatic carbocycles. The van der Waals surface area contributed by atoms with Gasteiger partial charge >= 0.3 is 0 Å². The summed E-state index contributed by atoms with van der Waals surface area (Å²) in [7, 11) is 1.66. The number of amides is 1. The summed E-state index contributed by atoms with van der Waals surface area (Å²) in [5, 5.41) is 3.09. The molecule has 4 heteroatoms. The Morgan fingerprint density at radius 1 is 1.40 bits per heavy atom. The monoisotopic (exact) mass is 214 g/mol. The standard InChI is InChI=1S/C11H22N2O2/c1-9-4-5-10(2)13(9)11(14)8-12-6-7-15-3/h9-10,12H,4-8H2,1-3H3. The molecule has 1 saturated heterocycles. The first-order valence-electron chi connectivity index (χ1n) is 5.67. The summed E-state index contributed by atoms with van der Waals surface area (Å²) >= 11 is 0. The molecule has 2 unspecified atom stereocenters. The topological polar surface area (TPSA) is 41.6 Å². The van der Waals surface area contributed by atoms with Crippen LogP contribution < -0.4 is 5.32 Å². The van der Waals surface area contributed by atoms with Crippen LogP contribution in [0.3, 0.4) is 0 Å². The maximum Gasteiger partial charge on any atom is 0.237 e. The van der Waals surface area contributed by atoms with E-state index in [1.807, 2.05) is 4.90 Å². The third-order valence-electron chi connectivity index (χ3n) is 3.00. The van der Waals surface area contributed by atoms with Gasteiger partial charge in [0.1, 0.15) is 0 Å². The lowest BCUT2D eigenvalue weighted by Gasteiger charge is -2.26. The summed E-state index contributed by atoms with van der Waals surface area (Å²) in [4.78, 5) is 13.9. The Morgan fingerprint density at radius 3 is 2.53 bits per heavy atom. The van der Waals surface area contributed by atoms with E-state index in [1.165, 1.54) is 0 Å². The van der Waals surface area contributed by atoms with Gasteiger partial charge in [-0.3, -0.25) is 4.79 Å². The number of hydrogen-bond donors (Lipinski definition) is 1. The van der Waals surface area contributed by atoms with Crippen LogP contribution in [0.25, 0.3) is 0 Å². The van der Waals surface area contributed by atoms with Crippen LogP contribution in [0.5, 0.6) is 0 Å². The van der Waals surface area contributed by atoms with E-state index in [2.05, 4.69) is 19.2 Å². The maximum atomic E-state index is 11.9. The normalized spacial score (nSPS) is 25.9. The van der Waals surface area contributed by atoms with Crippen molar-refractivity contribution >= 4 is 5.91 Å². The van der Waals surface area contributed by atoms with Crippen LogP contribution in [0.15, 0.2) is 0 Å². The highest BCUT2D eigenvalue weighted by Gasteiger charge is 2.30. The van der Waals surface area contributed by atoms with Gasteiger partial charge in [0.25, 0.3) is 0 Å². The van der Waals surface area contributed by atoms with E-state index in [1.54, 1.807) is 7.11 Å². The van der Waals surface area contributed by atoms with Crippen molar-refractivity contribution in [2.75, 3.05) is 26.8 Å². The zero-order valence-electron chi connectivity index (χ0n) is 9.95. The van der Waals surface area contributed by atoms with Crippen molar-refractivity contribution in [1.82, 2.24) is 10.2 Å². The molecule has 1 aliphatic rings. The second-order valence-corrected chi connectivity index (χ2v) is 4.25. The van der Waals surface area contributed by atoms with Gasteiger partial charge in [-0.25, -0.2) is 0 Å². The minimum atomic E-state index is 0.212. The smallest absolute Gasteiger partial charge is 0.237 e. The molecule has 1 N–H and O–H groups in total. The van der Waals surface area contributed by atoms with Gasteiger partial charge < -0.3 is 15.0 Å². The van der Waals surface area contributed by atoms with Gasteiger partial charge in [0.05, 0.1) is 13.2 Å². The van der Waals surface area contributed by atoms with Crippen LogP contribution in [-0.2, 0) is 9.53 Å². The van der Waals surface area contributed by atoms with Crippen LogP contribution in [0.2, 0.25) is 0 Å². The summed E-state index contributed by atoms with van der Waals surface area (Å²) in [6.45, 7) is 6.06. The molecule has 0 radical (unpaired) electrons. The number of carbonyl (C=O) groups is 1. The van der Waals surface area contributed by atoms with E-state index in [4.69, 9.17) is 4.74 Å². The first kappa shape index (κ1) is 12.5. The summed E-state index contributed by atoms with van der Waals surface area (Å²) in [6.07, 6.45) is 2.26. The Kier molecular flexibility index (Phi) is 5.05. The summed E-state index contributed by atoms with van der Waals surface area (Å²) in [5.41, 5.74) is 0. The van der Waals surface area contributed by atoms with E-state index in [9.17, 15) is 4.79 Å². The fourth-order valence-electron chi connectivity index (χ4n) is 2.15. The quantitative estimate of drug-likeness (QED) is 0.682. The van der Waals surface area contributed by atoms with Crippen LogP contribution >= 0.6 is 0 Å². The van der Waals surface area contributed by atoms with E-state index in [0.717, 1.165) is 19.4 Å². The van der Waals surface area contributed by atoms with Crippen molar-refractivity contribution in [1.29, 1.82) is 0 Å². The highest BCUT2D eigenvalue weighted by molar-refractivity contribution is 5.79. The molecule has 4 nitrogen and oxygen atoms in total. The SMILES string of the molecule is COCCNCC(=O)N1C(C)CCC1C. The minimum Gasteiger partial charge on any atom is -0.383 e. The third-order valence-corrected chi connectivity index (χ3v) is 3.00. The maximum absolute atomic E-state index is 11.9. The highest BCUT2D eigenvalue weighted by atomic mass is 16.5. The van der Waals surface area contributed by atoms with Crippen LogP contribution in [0.1, 0.15) is 26.7 Å². The van der Waals surface area contributed by atoms with E-state index < -0.39 is 0 Å². The van der Waals surface area contributed by atoms with Gasteiger partial charge in [-0.2, -0.15) is 0 Å². The number of rotatable bonds is 5.